The summed E-state index contributed by atoms with van der Waals surface area (Å²) < 4.78 is 60.2. The summed E-state index contributed by atoms with van der Waals surface area (Å²) in [6.45, 7) is 1.35. The van der Waals surface area contributed by atoms with Gasteiger partial charge in [-0.25, -0.2) is 26.8 Å². The van der Waals surface area contributed by atoms with E-state index in [0.717, 1.165) is 60.7 Å². The Labute approximate surface area is 225 Å². The molecule has 0 saturated heterocycles. The highest BCUT2D eigenvalue weighted by atomic mass is 32.2. The van der Waals surface area contributed by atoms with Crippen LogP contribution in [-0.4, -0.2) is 42.4 Å². The normalized spacial score (nSPS) is 11.5. The third-order valence-electron chi connectivity index (χ3n) is 5.22. The summed E-state index contributed by atoms with van der Waals surface area (Å²) in [7, 11) is -4.08. The van der Waals surface area contributed by atoms with E-state index >= 15 is 0 Å². The monoisotopic (exact) mass is 573 g/mol. The Morgan fingerprint density at radius 2 is 1.45 bits per heavy atom. The fourth-order valence-electron chi connectivity index (χ4n) is 3.44. The SMILES string of the molecule is C/C(=C\c1cc(F)c(Oc2ccc(S(=O)(=O)Cc3cc(C(=O)O)cc(C(=O)O)c3)cc2)c(F)c1)C(=O)N=C(N)N. The van der Waals surface area contributed by atoms with Crippen LogP contribution >= 0.6 is 0 Å². The summed E-state index contributed by atoms with van der Waals surface area (Å²) in [5.74, 6) is -7.96. The molecule has 0 radical (unpaired) electrons. The number of sulfone groups is 1. The Morgan fingerprint density at radius 1 is 0.925 bits per heavy atom. The molecular weight excluding hydrogens is 552 g/mol. The molecule has 0 aliphatic carbocycles. The van der Waals surface area contributed by atoms with Crippen LogP contribution in [0.4, 0.5) is 8.78 Å². The number of carbonyl (C=O) groups excluding carboxylic acids is 1. The van der Waals surface area contributed by atoms with Crippen molar-refractivity contribution in [2.45, 2.75) is 17.6 Å². The van der Waals surface area contributed by atoms with E-state index in [2.05, 4.69) is 4.99 Å². The van der Waals surface area contributed by atoms with Gasteiger partial charge in [-0.2, -0.15) is 4.99 Å². The van der Waals surface area contributed by atoms with Gasteiger partial charge in [-0.3, -0.25) is 4.79 Å². The fourth-order valence-corrected chi connectivity index (χ4v) is 4.76. The average molecular weight is 574 g/mol. The molecule has 14 heteroatoms. The van der Waals surface area contributed by atoms with Gasteiger partial charge in [0.1, 0.15) is 5.75 Å². The van der Waals surface area contributed by atoms with Crippen molar-refractivity contribution >= 4 is 39.7 Å². The van der Waals surface area contributed by atoms with Crippen LogP contribution < -0.4 is 16.2 Å². The summed E-state index contributed by atoms with van der Waals surface area (Å²) >= 11 is 0. The molecule has 0 unspecified atom stereocenters. The van der Waals surface area contributed by atoms with Gasteiger partial charge in [-0.05, 0) is 78.7 Å². The lowest BCUT2D eigenvalue weighted by Gasteiger charge is -2.11. The van der Waals surface area contributed by atoms with Gasteiger partial charge in [-0.1, -0.05) is 0 Å². The first kappa shape index (κ1) is 29.4. The molecule has 11 nitrogen and oxygen atoms in total. The highest BCUT2D eigenvalue weighted by Gasteiger charge is 2.20. The zero-order valence-corrected chi connectivity index (χ0v) is 21.4. The highest BCUT2D eigenvalue weighted by molar-refractivity contribution is 7.90. The number of ether oxygens (including phenoxy) is 1. The number of hydrogen-bond donors (Lipinski definition) is 4. The number of nitrogens with two attached hydrogens (primary N) is 2. The predicted molar refractivity (Wildman–Crippen MR) is 139 cm³/mol. The van der Waals surface area contributed by atoms with Crippen LogP contribution in [0.25, 0.3) is 6.08 Å². The van der Waals surface area contributed by atoms with Crippen molar-refractivity contribution in [1.82, 2.24) is 0 Å². The molecule has 0 fully saturated rings. The molecular formula is C26H21F2N3O8S. The van der Waals surface area contributed by atoms with Crippen molar-refractivity contribution in [3.05, 3.63) is 94.1 Å². The molecule has 208 valence electrons. The van der Waals surface area contributed by atoms with E-state index in [1.807, 2.05) is 0 Å². The maximum atomic E-state index is 14.6. The number of carbonyl (C=O) groups is 3. The second-order valence-corrected chi connectivity index (χ2v) is 10.3. The van der Waals surface area contributed by atoms with Crippen LogP contribution in [0, 0.1) is 11.6 Å². The van der Waals surface area contributed by atoms with E-state index in [1.54, 1.807) is 0 Å². The quantitative estimate of drug-likeness (QED) is 0.167. The van der Waals surface area contributed by atoms with Gasteiger partial charge >= 0.3 is 11.9 Å². The van der Waals surface area contributed by atoms with Gasteiger partial charge in [-0.15, -0.1) is 0 Å². The van der Waals surface area contributed by atoms with Crippen molar-refractivity contribution in [2.24, 2.45) is 16.5 Å². The maximum Gasteiger partial charge on any atom is 0.335 e. The number of rotatable bonds is 9. The zero-order chi connectivity index (χ0) is 29.8. The highest BCUT2D eigenvalue weighted by Crippen LogP contribution is 2.30. The van der Waals surface area contributed by atoms with Gasteiger partial charge in [0, 0.05) is 5.57 Å². The molecule has 0 aliphatic rings. The number of carboxylic acids is 2. The first-order chi connectivity index (χ1) is 18.7. The molecule has 0 saturated carbocycles. The molecule has 0 heterocycles. The van der Waals surface area contributed by atoms with Crippen molar-refractivity contribution in [3.63, 3.8) is 0 Å². The van der Waals surface area contributed by atoms with E-state index in [1.165, 1.54) is 6.92 Å². The lowest BCUT2D eigenvalue weighted by molar-refractivity contribution is -0.114. The smallest absolute Gasteiger partial charge is 0.335 e. The number of guanidine groups is 1. The van der Waals surface area contributed by atoms with E-state index in [9.17, 15) is 41.8 Å². The van der Waals surface area contributed by atoms with Gasteiger partial charge in [0.2, 0.25) is 0 Å². The third kappa shape index (κ3) is 7.26. The van der Waals surface area contributed by atoms with Crippen molar-refractivity contribution in [3.8, 4) is 11.5 Å². The Hall–Kier alpha value is -5.11. The van der Waals surface area contributed by atoms with Crippen molar-refractivity contribution < 1.29 is 46.5 Å². The van der Waals surface area contributed by atoms with E-state index in [-0.39, 0.29) is 27.3 Å². The Kier molecular flexibility index (Phi) is 8.64. The molecule has 1 amide bonds. The third-order valence-corrected chi connectivity index (χ3v) is 6.92. The van der Waals surface area contributed by atoms with Crippen LogP contribution in [0.3, 0.4) is 0 Å². The molecule has 0 aromatic heterocycles. The first-order valence-electron chi connectivity index (χ1n) is 11.1. The number of hydrogen-bond acceptors (Lipinski definition) is 6. The van der Waals surface area contributed by atoms with Crippen LogP contribution in [-0.2, 0) is 20.4 Å². The topological polar surface area (TPSA) is 199 Å². The van der Waals surface area contributed by atoms with Gasteiger partial charge in [0.15, 0.2) is 33.2 Å². The Morgan fingerprint density at radius 3 is 1.93 bits per heavy atom. The van der Waals surface area contributed by atoms with E-state index in [4.69, 9.17) is 16.2 Å². The summed E-state index contributed by atoms with van der Waals surface area (Å²) in [5.41, 5.74) is 9.41. The van der Waals surface area contributed by atoms with Crippen LogP contribution in [0.2, 0.25) is 0 Å². The van der Waals surface area contributed by atoms with Gasteiger partial charge < -0.3 is 26.4 Å². The molecule has 0 bridgehead atoms. The van der Waals surface area contributed by atoms with Crippen LogP contribution in [0.15, 0.2) is 70.1 Å². The summed E-state index contributed by atoms with van der Waals surface area (Å²) in [6, 6.07) is 9.31. The van der Waals surface area contributed by atoms with Gasteiger partial charge in [0.25, 0.3) is 5.91 Å². The number of benzene rings is 3. The predicted octanol–water partition coefficient (Wildman–Crippen LogP) is 3.33. The van der Waals surface area contributed by atoms with Crippen LogP contribution in [0.5, 0.6) is 11.5 Å². The number of aliphatic imine (C=N–C) groups is 1. The van der Waals surface area contributed by atoms with Crippen molar-refractivity contribution in [1.29, 1.82) is 0 Å². The van der Waals surface area contributed by atoms with Crippen LogP contribution in [0.1, 0.15) is 38.8 Å². The number of amides is 1. The molecule has 3 rings (SSSR count). The Balaban J connectivity index is 1.82. The maximum absolute atomic E-state index is 14.6. The average Bonchev–Trinajstić information content (AvgIpc) is 2.85. The van der Waals surface area contributed by atoms with E-state index < -0.39 is 67.9 Å². The zero-order valence-electron chi connectivity index (χ0n) is 20.6. The molecule has 40 heavy (non-hydrogen) atoms. The standard InChI is InChI=1S/C26H21F2N3O8S/c1-13(23(32)31-26(29)30)6-14-9-20(27)22(21(28)10-14)39-18-2-4-19(5-3-18)40(37,38)12-15-7-16(24(33)34)11-17(8-15)25(35)36/h2-11H,12H2,1H3,(H,33,34)(H,35,36)(H4,29,30,31,32)/b13-6+. The number of nitrogens with zero attached hydrogens (tertiary/aromatic N) is 1. The molecule has 0 aliphatic heterocycles. The number of halogens is 2. The van der Waals surface area contributed by atoms with E-state index in [0.29, 0.717) is 0 Å². The minimum atomic E-state index is -4.08. The number of carboxylic acid groups (broad SMARTS) is 2. The lowest BCUT2D eigenvalue weighted by atomic mass is 10.1. The lowest BCUT2D eigenvalue weighted by Crippen LogP contribution is -2.24. The minimum Gasteiger partial charge on any atom is -0.478 e. The largest absolute Gasteiger partial charge is 0.478 e. The van der Waals surface area contributed by atoms with Gasteiger partial charge in [0.05, 0.1) is 21.8 Å². The molecule has 0 spiro atoms. The molecule has 6 N–H and O–H groups in total. The summed E-state index contributed by atoms with van der Waals surface area (Å²) in [5, 5.41) is 18.4. The van der Waals surface area contributed by atoms with Crippen molar-refractivity contribution in [2.75, 3.05) is 0 Å². The molecule has 3 aromatic rings. The Bertz CT molecular complexity index is 1630. The molecule has 3 aromatic carbocycles. The fraction of sp³-hybridized carbons (Fsp3) is 0.0769. The minimum absolute atomic E-state index is 0.00605. The second kappa shape index (κ2) is 11.7. The summed E-state index contributed by atoms with van der Waals surface area (Å²) in [6.07, 6.45) is 1.16. The summed E-state index contributed by atoms with van der Waals surface area (Å²) in [4.78, 5) is 37.5. The molecule has 0 atom stereocenters. The first-order valence-corrected chi connectivity index (χ1v) is 12.7. The number of aromatic carboxylic acids is 2. The second-order valence-electron chi connectivity index (χ2n) is 8.34.